The van der Waals surface area contributed by atoms with Gasteiger partial charge in [-0.3, -0.25) is 0 Å². The van der Waals surface area contributed by atoms with Crippen LogP contribution in [0.3, 0.4) is 0 Å². The molecule has 0 unspecified atom stereocenters. The van der Waals surface area contributed by atoms with E-state index < -0.39 is 5.60 Å². The van der Waals surface area contributed by atoms with Crippen molar-refractivity contribution in [2.45, 2.75) is 45.8 Å². The highest BCUT2D eigenvalue weighted by Gasteiger charge is 2.25. The summed E-state index contributed by atoms with van der Waals surface area (Å²) in [5, 5.41) is 6.22. The molecule has 1 heterocycles. The third-order valence-electron chi connectivity index (χ3n) is 2.49. The number of nitrogens with one attached hydrogen (secondary N) is 2. The van der Waals surface area contributed by atoms with E-state index in [2.05, 4.69) is 17.6 Å². The summed E-state index contributed by atoms with van der Waals surface area (Å²) >= 11 is 0. The van der Waals surface area contributed by atoms with Crippen molar-refractivity contribution in [3.05, 3.63) is 0 Å². The van der Waals surface area contributed by atoms with Crippen LogP contribution in [0.1, 0.15) is 34.1 Å². The van der Waals surface area contributed by atoms with Crippen molar-refractivity contribution in [2.24, 2.45) is 5.92 Å². The molecule has 0 aromatic carbocycles. The van der Waals surface area contributed by atoms with E-state index in [0.29, 0.717) is 5.92 Å². The Balaban J connectivity index is 2.36. The number of hydrogen-bond donors (Lipinski definition) is 2. The predicted molar refractivity (Wildman–Crippen MR) is 59.8 cm³/mol. The van der Waals surface area contributed by atoms with Crippen LogP contribution in [0.2, 0.25) is 0 Å². The second-order valence-corrected chi connectivity index (χ2v) is 5.22. The van der Waals surface area contributed by atoms with Crippen molar-refractivity contribution < 1.29 is 9.53 Å². The van der Waals surface area contributed by atoms with Crippen LogP contribution in [0.25, 0.3) is 0 Å². The lowest BCUT2D eigenvalue weighted by atomic mass is 9.96. The fraction of sp³-hybridized carbons (Fsp3) is 0.909. The normalized spacial score (nSPS) is 27.2. The van der Waals surface area contributed by atoms with Gasteiger partial charge < -0.3 is 15.4 Å². The summed E-state index contributed by atoms with van der Waals surface area (Å²) in [6, 6.07) is 0.237. The Morgan fingerprint density at radius 3 is 2.67 bits per heavy atom. The summed E-state index contributed by atoms with van der Waals surface area (Å²) in [6.45, 7) is 9.68. The molecule has 1 rings (SSSR count). The highest BCUT2D eigenvalue weighted by atomic mass is 16.6. The minimum atomic E-state index is -0.416. The summed E-state index contributed by atoms with van der Waals surface area (Å²) in [5.74, 6) is 0.464. The van der Waals surface area contributed by atoms with Crippen molar-refractivity contribution in [3.8, 4) is 0 Å². The van der Waals surface area contributed by atoms with Crippen LogP contribution in [0, 0.1) is 5.92 Å². The van der Waals surface area contributed by atoms with E-state index >= 15 is 0 Å². The van der Waals surface area contributed by atoms with Crippen molar-refractivity contribution in [2.75, 3.05) is 13.1 Å². The first-order valence-electron chi connectivity index (χ1n) is 5.59. The average molecular weight is 214 g/mol. The first-order chi connectivity index (χ1) is 6.88. The Kier molecular flexibility index (Phi) is 3.97. The van der Waals surface area contributed by atoms with Crippen LogP contribution in [0.5, 0.6) is 0 Å². The van der Waals surface area contributed by atoms with Crippen molar-refractivity contribution in [1.82, 2.24) is 10.6 Å². The Hall–Kier alpha value is -0.770. The highest BCUT2D eigenvalue weighted by molar-refractivity contribution is 5.68. The molecule has 0 spiro atoms. The summed E-state index contributed by atoms with van der Waals surface area (Å²) in [5.41, 5.74) is -0.416. The Morgan fingerprint density at radius 2 is 2.13 bits per heavy atom. The predicted octanol–water partition coefficient (Wildman–Crippen LogP) is 1.51. The van der Waals surface area contributed by atoms with Crippen LogP contribution in [0.15, 0.2) is 0 Å². The van der Waals surface area contributed by atoms with E-state index in [9.17, 15) is 4.79 Å². The first kappa shape index (κ1) is 12.3. The van der Waals surface area contributed by atoms with Crippen molar-refractivity contribution in [3.63, 3.8) is 0 Å². The maximum atomic E-state index is 11.5. The molecule has 2 N–H and O–H groups in total. The van der Waals surface area contributed by atoms with Gasteiger partial charge in [-0.05, 0) is 46.2 Å². The molecule has 0 saturated carbocycles. The fourth-order valence-corrected chi connectivity index (χ4v) is 1.69. The van der Waals surface area contributed by atoms with Crippen molar-refractivity contribution in [1.29, 1.82) is 0 Å². The number of rotatable bonds is 1. The van der Waals surface area contributed by atoms with E-state index in [0.717, 1.165) is 19.5 Å². The number of alkyl carbamates (subject to hydrolysis) is 1. The number of hydrogen-bond acceptors (Lipinski definition) is 3. The lowest BCUT2D eigenvalue weighted by molar-refractivity contribution is 0.0477. The molecule has 88 valence electrons. The lowest BCUT2D eigenvalue weighted by Gasteiger charge is -2.31. The zero-order valence-corrected chi connectivity index (χ0v) is 10.1. The van der Waals surface area contributed by atoms with Gasteiger partial charge in [0.1, 0.15) is 5.60 Å². The second-order valence-electron chi connectivity index (χ2n) is 5.22. The molecule has 4 heteroatoms. The van der Waals surface area contributed by atoms with E-state index in [4.69, 9.17) is 4.74 Å². The minimum Gasteiger partial charge on any atom is -0.444 e. The summed E-state index contributed by atoms with van der Waals surface area (Å²) in [7, 11) is 0. The van der Waals surface area contributed by atoms with E-state index in [1.165, 1.54) is 0 Å². The molecule has 0 radical (unpaired) electrons. The molecule has 1 amide bonds. The third-order valence-corrected chi connectivity index (χ3v) is 2.49. The summed E-state index contributed by atoms with van der Waals surface area (Å²) < 4.78 is 5.22. The molecule has 0 aliphatic carbocycles. The Bertz CT molecular complexity index is 223. The highest BCUT2D eigenvalue weighted by Crippen LogP contribution is 2.12. The number of piperidine rings is 1. The Morgan fingerprint density at radius 1 is 1.47 bits per heavy atom. The zero-order chi connectivity index (χ0) is 11.5. The van der Waals surface area contributed by atoms with E-state index in [-0.39, 0.29) is 12.1 Å². The topological polar surface area (TPSA) is 50.4 Å². The molecular formula is C11H22N2O2. The average Bonchev–Trinajstić information content (AvgIpc) is 2.05. The number of carbonyl (C=O) groups is 1. The second kappa shape index (κ2) is 4.84. The molecule has 2 atom stereocenters. The van der Waals surface area contributed by atoms with Crippen LogP contribution < -0.4 is 10.6 Å². The molecule has 0 bridgehead atoms. The monoisotopic (exact) mass is 214 g/mol. The third kappa shape index (κ3) is 4.51. The molecule has 1 aliphatic heterocycles. The minimum absolute atomic E-state index is 0.237. The summed E-state index contributed by atoms with van der Waals surface area (Å²) in [4.78, 5) is 11.5. The summed E-state index contributed by atoms with van der Waals surface area (Å²) in [6.07, 6.45) is 0.668. The maximum absolute atomic E-state index is 11.5. The van der Waals surface area contributed by atoms with Gasteiger partial charge >= 0.3 is 6.09 Å². The van der Waals surface area contributed by atoms with E-state index in [1.807, 2.05) is 20.8 Å². The lowest BCUT2D eigenvalue weighted by Crippen LogP contribution is -2.49. The molecule has 4 nitrogen and oxygen atoms in total. The molecule has 1 saturated heterocycles. The van der Waals surface area contributed by atoms with Gasteiger partial charge in [0.2, 0.25) is 0 Å². The van der Waals surface area contributed by atoms with Gasteiger partial charge in [0.05, 0.1) is 0 Å². The van der Waals surface area contributed by atoms with Gasteiger partial charge in [-0.1, -0.05) is 6.92 Å². The van der Waals surface area contributed by atoms with E-state index in [1.54, 1.807) is 0 Å². The van der Waals surface area contributed by atoms with Gasteiger partial charge in [0.15, 0.2) is 0 Å². The van der Waals surface area contributed by atoms with Gasteiger partial charge in [0, 0.05) is 6.04 Å². The Labute approximate surface area is 91.8 Å². The number of carbonyl (C=O) groups excluding carboxylic acids is 1. The smallest absolute Gasteiger partial charge is 0.407 e. The molecule has 1 aliphatic rings. The van der Waals surface area contributed by atoms with Gasteiger partial charge in [-0.15, -0.1) is 0 Å². The molecule has 15 heavy (non-hydrogen) atoms. The van der Waals surface area contributed by atoms with Crippen LogP contribution in [-0.4, -0.2) is 30.8 Å². The molecule has 0 aromatic rings. The standard InChI is InChI=1S/C11H22N2O2/c1-8-7-12-6-5-9(8)13-10(14)15-11(2,3)4/h8-9,12H,5-7H2,1-4H3,(H,13,14)/t8-,9+/m1/s1. The van der Waals surface area contributed by atoms with Gasteiger partial charge in [-0.25, -0.2) is 4.79 Å². The van der Waals surface area contributed by atoms with Crippen molar-refractivity contribution >= 4 is 6.09 Å². The van der Waals surface area contributed by atoms with Gasteiger partial charge in [0.25, 0.3) is 0 Å². The zero-order valence-electron chi connectivity index (χ0n) is 10.1. The maximum Gasteiger partial charge on any atom is 0.407 e. The molecule has 0 aromatic heterocycles. The largest absolute Gasteiger partial charge is 0.444 e. The number of amides is 1. The fourth-order valence-electron chi connectivity index (χ4n) is 1.69. The quantitative estimate of drug-likeness (QED) is 0.695. The SMILES string of the molecule is C[C@@H]1CNCC[C@@H]1NC(=O)OC(C)(C)C. The number of ether oxygens (including phenoxy) is 1. The molecular weight excluding hydrogens is 192 g/mol. The van der Waals surface area contributed by atoms with Crippen LogP contribution >= 0.6 is 0 Å². The molecule has 1 fully saturated rings. The first-order valence-corrected chi connectivity index (χ1v) is 5.59. The van der Waals surface area contributed by atoms with Crippen LogP contribution in [-0.2, 0) is 4.74 Å². The van der Waals surface area contributed by atoms with Crippen LogP contribution in [0.4, 0.5) is 4.79 Å². The van der Waals surface area contributed by atoms with Gasteiger partial charge in [-0.2, -0.15) is 0 Å².